The number of para-hydroxylation sites is 1. The smallest absolute Gasteiger partial charge is 0.387 e. The summed E-state index contributed by atoms with van der Waals surface area (Å²) in [5.41, 5.74) is 0.197. The number of hydrogen-bond acceptors (Lipinski definition) is 3. The van der Waals surface area contributed by atoms with Crippen LogP contribution in [0.4, 0.5) is 8.78 Å². The highest BCUT2D eigenvalue weighted by atomic mass is 19.3. The van der Waals surface area contributed by atoms with Crippen molar-refractivity contribution < 1.29 is 28.2 Å². The highest BCUT2D eigenvalue weighted by Gasteiger charge is 2.09. The number of carbonyl (C=O) groups is 2. The quantitative estimate of drug-likeness (QED) is 0.633. The molecule has 0 aliphatic rings. The molecule has 0 aromatic heterocycles. The summed E-state index contributed by atoms with van der Waals surface area (Å²) in [5, 5.41) is 8.32. The maximum Gasteiger partial charge on any atom is 0.387 e. The Kier molecular flexibility index (Phi) is 4.33. The Morgan fingerprint density at radius 1 is 1.29 bits per heavy atom. The zero-order chi connectivity index (χ0) is 12.8. The predicted molar refractivity (Wildman–Crippen MR) is 54.8 cm³/mol. The number of carboxylic acids is 1. The fourth-order valence-electron chi connectivity index (χ4n) is 1.06. The van der Waals surface area contributed by atoms with Gasteiger partial charge in [-0.15, -0.1) is 0 Å². The molecule has 17 heavy (non-hydrogen) atoms. The Balaban J connectivity index is 2.90. The van der Waals surface area contributed by atoms with Crippen molar-refractivity contribution in [3.05, 3.63) is 35.9 Å². The van der Waals surface area contributed by atoms with E-state index in [0.717, 1.165) is 12.2 Å². The highest BCUT2D eigenvalue weighted by molar-refractivity contribution is 6.38. The second-order valence-electron chi connectivity index (χ2n) is 2.92. The number of aliphatic carboxylic acids is 1. The van der Waals surface area contributed by atoms with Crippen LogP contribution in [0.5, 0.6) is 5.75 Å². The predicted octanol–water partition coefficient (Wildman–Crippen LogP) is 1.95. The number of benzene rings is 1. The minimum absolute atomic E-state index is 0.128. The molecule has 0 fully saturated rings. The Morgan fingerprint density at radius 3 is 2.53 bits per heavy atom. The summed E-state index contributed by atoms with van der Waals surface area (Å²) in [4.78, 5) is 21.0. The number of carboxylic acid groups (broad SMARTS) is 1. The van der Waals surface area contributed by atoms with Gasteiger partial charge in [0.15, 0.2) is 0 Å². The molecule has 6 heteroatoms. The first-order valence-corrected chi connectivity index (χ1v) is 4.50. The van der Waals surface area contributed by atoms with Gasteiger partial charge in [-0.1, -0.05) is 18.2 Å². The molecule has 0 amide bonds. The van der Waals surface area contributed by atoms with Gasteiger partial charge >= 0.3 is 12.6 Å². The molecule has 90 valence electrons. The SMILES string of the molecule is O=C(O)C(=O)C=Cc1ccccc1OC(F)F. The van der Waals surface area contributed by atoms with Gasteiger partial charge in [0.05, 0.1) is 0 Å². The molecule has 0 radical (unpaired) electrons. The first kappa shape index (κ1) is 12.8. The zero-order valence-corrected chi connectivity index (χ0v) is 8.47. The van der Waals surface area contributed by atoms with Gasteiger partial charge in [0.25, 0.3) is 5.78 Å². The van der Waals surface area contributed by atoms with Crippen LogP contribution in [0.15, 0.2) is 30.3 Å². The van der Waals surface area contributed by atoms with Crippen LogP contribution in [-0.2, 0) is 9.59 Å². The van der Waals surface area contributed by atoms with Crippen molar-refractivity contribution >= 4 is 17.8 Å². The highest BCUT2D eigenvalue weighted by Crippen LogP contribution is 2.21. The summed E-state index contributed by atoms with van der Waals surface area (Å²) in [6.07, 6.45) is 1.88. The van der Waals surface area contributed by atoms with E-state index in [1.165, 1.54) is 18.2 Å². The topological polar surface area (TPSA) is 63.6 Å². The Morgan fingerprint density at radius 2 is 1.94 bits per heavy atom. The first-order chi connectivity index (χ1) is 8.00. The van der Waals surface area contributed by atoms with Crippen LogP contribution >= 0.6 is 0 Å². The first-order valence-electron chi connectivity index (χ1n) is 4.50. The van der Waals surface area contributed by atoms with Crippen molar-refractivity contribution in [2.45, 2.75) is 6.61 Å². The molecule has 0 saturated heterocycles. The van der Waals surface area contributed by atoms with Crippen LogP contribution < -0.4 is 4.74 Å². The molecule has 0 spiro atoms. The molecule has 4 nitrogen and oxygen atoms in total. The number of rotatable bonds is 5. The van der Waals surface area contributed by atoms with Crippen LogP contribution in [0.2, 0.25) is 0 Å². The van der Waals surface area contributed by atoms with Crippen molar-refractivity contribution in [3.63, 3.8) is 0 Å². The van der Waals surface area contributed by atoms with Gasteiger partial charge in [-0.2, -0.15) is 8.78 Å². The van der Waals surface area contributed by atoms with E-state index in [4.69, 9.17) is 5.11 Å². The molecule has 1 aromatic carbocycles. The molecule has 0 atom stereocenters. The van der Waals surface area contributed by atoms with Crippen molar-refractivity contribution in [3.8, 4) is 5.75 Å². The van der Waals surface area contributed by atoms with Crippen LogP contribution in [-0.4, -0.2) is 23.5 Å². The van der Waals surface area contributed by atoms with Crippen LogP contribution in [0.3, 0.4) is 0 Å². The van der Waals surface area contributed by atoms with Crippen molar-refractivity contribution in [1.82, 2.24) is 0 Å². The Bertz CT molecular complexity index is 455. The molecule has 0 heterocycles. The minimum Gasteiger partial charge on any atom is -0.475 e. The van der Waals surface area contributed by atoms with Gasteiger partial charge in [-0.05, 0) is 18.2 Å². The molecule has 0 bridgehead atoms. The van der Waals surface area contributed by atoms with Gasteiger partial charge in [0, 0.05) is 5.56 Å². The van der Waals surface area contributed by atoms with E-state index < -0.39 is 18.4 Å². The number of ketones is 1. The van der Waals surface area contributed by atoms with E-state index in [-0.39, 0.29) is 11.3 Å². The van der Waals surface area contributed by atoms with Gasteiger partial charge < -0.3 is 9.84 Å². The molecule has 0 aliphatic carbocycles. The molecule has 0 saturated carbocycles. The second kappa shape index (κ2) is 5.74. The van der Waals surface area contributed by atoms with Crippen LogP contribution in [0.25, 0.3) is 6.08 Å². The van der Waals surface area contributed by atoms with Crippen molar-refractivity contribution in [2.75, 3.05) is 0 Å². The zero-order valence-electron chi connectivity index (χ0n) is 8.47. The van der Waals surface area contributed by atoms with Crippen molar-refractivity contribution in [2.24, 2.45) is 0 Å². The van der Waals surface area contributed by atoms with Crippen LogP contribution in [0, 0.1) is 0 Å². The third-order valence-electron chi connectivity index (χ3n) is 1.76. The number of alkyl halides is 2. The average Bonchev–Trinajstić information content (AvgIpc) is 2.26. The van der Waals surface area contributed by atoms with E-state index in [9.17, 15) is 18.4 Å². The standard InChI is InChI=1S/C11H8F2O4/c12-11(13)17-9-4-2-1-3-7(9)5-6-8(14)10(15)16/h1-6,11H,(H,15,16). The molecule has 1 rings (SSSR count). The second-order valence-corrected chi connectivity index (χ2v) is 2.92. The van der Waals surface area contributed by atoms with E-state index in [2.05, 4.69) is 4.74 Å². The maximum absolute atomic E-state index is 12.0. The summed E-state index contributed by atoms with van der Waals surface area (Å²) in [6.45, 7) is -2.99. The number of carbonyl (C=O) groups excluding carboxylic acids is 1. The third kappa shape index (κ3) is 4.02. The largest absolute Gasteiger partial charge is 0.475 e. The lowest BCUT2D eigenvalue weighted by Crippen LogP contribution is -2.08. The average molecular weight is 242 g/mol. The van der Waals surface area contributed by atoms with Crippen molar-refractivity contribution in [1.29, 1.82) is 0 Å². The van der Waals surface area contributed by atoms with Gasteiger partial charge in [-0.25, -0.2) is 4.79 Å². The molecule has 1 N–H and O–H groups in total. The summed E-state index contributed by atoms with van der Waals surface area (Å²) in [7, 11) is 0. The Hall–Kier alpha value is -2.24. The molecular formula is C11H8F2O4. The van der Waals surface area contributed by atoms with E-state index >= 15 is 0 Å². The summed E-state index contributed by atoms with van der Waals surface area (Å²) < 4.78 is 28.2. The lowest BCUT2D eigenvalue weighted by molar-refractivity contribution is -0.146. The number of halogens is 2. The molecule has 1 aromatic rings. The van der Waals surface area contributed by atoms with E-state index in [1.54, 1.807) is 6.07 Å². The lowest BCUT2D eigenvalue weighted by Gasteiger charge is -2.06. The Labute approximate surface area is 95.1 Å². The summed E-state index contributed by atoms with van der Waals surface area (Å²) >= 11 is 0. The maximum atomic E-state index is 12.0. The van der Waals surface area contributed by atoms with E-state index in [1.807, 2.05) is 0 Å². The normalized spacial score (nSPS) is 10.8. The fraction of sp³-hybridized carbons (Fsp3) is 0.0909. The fourth-order valence-corrected chi connectivity index (χ4v) is 1.06. The lowest BCUT2D eigenvalue weighted by atomic mass is 10.1. The van der Waals surface area contributed by atoms with Gasteiger partial charge in [0.1, 0.15) is 5.75 Å². The number of ether oxygens (including phenoxy) is 1. The van der Waals surface area contributed by atoms with Gasteiger partial charge in [0.2, 0.25) is 0 Å². The number of hydrogen-bond donors (Lipinski definition) is 1. The third-order valence-corrected chi connectivity index (χ3v) is 1.76. The van der Waals surface area contributed by atoms with E-state index in [0.29, 0.717) is 0 Å². The van der Waals surface area contributed by atoms with Gasteiger partial charge in [-0.3, -0.25) is 4.79 Å². The van der Waals surface area contributed by atoms with Crippen LogP contribution in [0.1, 0.15) is 5.56 Å². The summed E-state index contributed by atoms with van der Waals surface area (Å²) in [6, 6.07) is 5.73. The monoisotopic (exact) mass is 242 g/mol. The molecule has 0 aliphatic heterocycles. The summed E-state index contributed by atoms with van der Waals surface area (Å²) in [5.74, 6) is -2.89. The minimum atomic E-state index is -2.99. The molecular weight excluding hydrogens is 234 g/mol. The molecule has 0 unspecified atom stereocenters.